The van der Waals surface area contributed by atoms with Crippen molar-refractivity contribution >= 4 is 21.8 Å². The van der Waals surface area contributed by atoms with Crippen LogP contribution in [0.15, 0.2) is 120 Å². The summed E-state index contributed by atoms with van der Waals surface area (Å²) in [6.07, 6.45) is 1.97. The molecule has 170 valence electrons. The molecule has 0 aromatic heterocycles. The quantitative estimate of drug-likeness (QED) is 0.350. The number of hydrogen-bond acceptors (Lipinski definition) is 3. The molecule has 4 nitrogen and oxygen atoms in total. The van der Waals surface area contributed by atoms with Crippen LogP contribution < -0.4 is 4.90 Å². The molecule has 5 rings (SSSR count). The van der Waals surface area contributed by atoms with Gasteiger partial charge in [-0.15, -0.1) is 0 Å². The van der Waals surface area contributed by atoms with Gasteiger partial charge in [0.05, 0.1) is 10.9 Å². The Bertz CT molecular complexity index is 1430. The van der Waals surface area contributed by atoms with Gasteiger partial charge in [0.15, 0.2) is 0 Å². The molecular formula is C29H26N2O2S. The van der Waals surface area contributed by atoms with Crippen LogP contribution in [0.4, 0.5) is 5.69 Å². The van der Waals surface area contributed by atoms with E-state index in [1.54, 1.807) is 16.4 Å². The van der Waals surface area contributed by atoms with Crippen LogP contribution in [0.3, 0.4) is 0 Å². The van der Waals surface area contributed by atoms with Gasteiger partial charge in [-0.05, 0) is 54.0 Å². The molecule has 1 aliphatic heterocycles. The summed E-state index contributed by atoms with van der Waals surface area (Å²) in [6, 6.07) is 34.2. The van der Waals surface area contributed by atoms with Crippen molar-refractivity contribution in [2.45, 2.75) is 17.9 Å². The van der Waals surface area contributed by atoms with Gasteiger partial charge in [0.25, 0.3) is 10.0 Å². The maximum atomic E-state index is 14.3. The van der Waals surface area contributed by atoms with E-state index in [0.717, 1.165) is 27.9 Å². The average Bonchev–Trinajstić information content (AvgIpc) is 2.88. The Morgan fingerprint density at radius 1 is 0.735 bits per heavy atom. The summed E-state index contributed by atoms with van der Waals surface area (Å²) >= 11 is 0. The maximum absolute atomic E-state index is 14.3. The second-order valence-corrected chi connectivity index (χ2v) is 10.3. The topological polar surface area (TPSA) is 40.6 Å². The lowest BCUT2D eigenvalue weighted by atomic mass is 9.91. The third-order valence-electron chi connectivity index (χ3n) is 6.22. The fraction of sp³-hybridized carbons (Fsp3) is 0.103. The van der Waals surface area contributed by atoms with Crippen molar-refractivity contribution in [1.29, 1.82) is 0 Å². The Balaban J connectivity index is 1.78. The van der Waals surface area contributed by atoms with Crippen LogP contribution in [0.25, 0.3) is 6.08 Å². The van der Waals surface area contributed by atoms with E-state index in [4.69, 9.17) is 0 Å². The van der Waals surface area contributed by atoms with E-state index in [0.29, 0.717) is 5.82 Å². The summed E-state index contributed by atoms with van der Waals surface area (Å²) in [4.78, 5) is 2.21. The number of para-hydroxylation sites is 1. The van der Waals surface area contributed by atoms with Gasteiger partial charge in [-0.3, -0.25) is 0 Å². The molecule has 1 atom stereocenters. The van der Waals surface area contributed by atoms with Gasteiger partial charge in [0.1, 0.15) is 5.82 Å². The summed E-state index contributed by atoms with van der Waals surface area (Å²) < 4.78 is 30.2. The lowest BCUT2D eigenvalue weighted by Gasteiger charge is -2.42. The first kappa shape index (κ1) is 22.0. The zero-order valence-electron chi connectivity index (χ0n) is 19.2. The number of nitrogens with zero attached hydrogens (tertiary/aromatic N) is 2. The van der Waals surface area contributed by atoms with E-state index in [-0.39, 0.29) is 4.90 Å². The van der Waals surface area contributed by atoms with E-state index >= 15 is 0 Å². The molecule has 4 aromatic carbocycles. The van der Waals surface area contributed by atoms with E-state index in [9.17, 15) is 8.42 Å². The standard InChI is InChI=1S/C29H26N2O2S/c1-22-17-19-26(20-18-22)34(32,33)31-28(30(2)25-14-7-4-8-15-25)21-24-13-9-10-16-27(24)29(31)23-11-5-3-6-12-23/h3-21,29H,1-2H3. The molecule has 0 bridgehead atoms. The minimum Gasteiger partial charge on any atom is -0.330 e. The largest absolute Gasteiger partial charge is 0.330 e. The molecule has 0 N–H and O–H groups in total. The number of sulfonamides is 1. The van der Waals surface area contributed by atoms with Gasteiger partial charge in [-0.2, -0.15) is 0 Å². The molecule has 0 amide bonds. The van der Waals surface area contributed by atoms with Crippen LogP contribution >= 0.6 is 0 Å². The van der Waals surface area contributed by atoms with Gasteiger partial charge in [0.2, 0.25) is 0 Å². The summed E-state index contributed by atoms with van der Waals surface area (Å²) in [5, 5.41) is 0. The Kier molecular flexibility index (Phi) is 5.72. The number of hydrogen-bond donors (Lipinski definition) is 0. The van der Waals surface area contributed by atoms with Crippen LogP contribution in [0.5, 0.6) is 0 Å². The molecule has 0 saturated carbocycles. The fourth-order valence-corrected chi connectivity index (χ4v) is 6.06. The van der Waals surface area contributed by atoms with E-state index < -0.39 is 16.1 Å². The molecule has 1 aliphatic rings. The van der Waals surface area contributed by atoms with Crippen LogP contribution in [0.1, 0.15) is 28.3 Å². The third kappa shape index (κ3) is 3.88. The number of anilines is 1. The first-order valence-corrected chi connectivity index (χ1v) is 12.7. The fourth-order valence-electron chi connectivity index (χ4n) is 4.42. The SMILES string of the molecule is Cc1ccc(S(=O)(=O)N2C(N(C)c3ccccc3)=Cc3ccccc3C2c2ccccc2)cc1. The molecule has 5 heteroatoms. The highest BCUT2D eigenvalue weighted by Crippen LogP contribution is 2.43. The highest BCUT2D eigenvalue weighted by molar-refractivity contribution is 7.89. The van der Waals surface area contributed by atoms with Crippen molar-refractivity contribution in [3.63, 3.8) is 0 Å². The van der Waals surface area contributed by atoms with Gasteiger partial charge in [0, 0.05) is 12.7 Å². The third-order valence-corrected chi connectivity index (χ3v) is 8.00. The molecule has 0 saturated heterocycles. The first-order chi connectivity index (χ1) is 16.5. The smallest absolute Gasteiger partial charge is 0.266 e. The zero-order chi connectivity index (χ0) is 23.7. The van der Waals surface area contributed by atoms with E-state index in [2.05, 4.69) is 0 Å². The van der Waals surface area contributed by atoms with Gasteiger partial charge >= 0.3 is 0 Å². The molecule has 1 heterocycles. The lowest BCUT2D eigenvalue weighted by Crippen LogP contribution is -2.42. The molecule has 0 aliphatic carbocycles. The Morgan fingerprint density at radius 3 is 2.00 bits per heavy atom. The minimum absolute atomic E-state index is 0.269. The highest BCUT2D eigenvalue weighted by atomic mass is 32.2. The molecule has 1 unspecified atom stereocenters. The van der Waals surface area contributed by atoms with Crippen molar-refractivity contribution < 1.29 is 8.42 Å². The van der Waals surface area contributed by atoms with Crippen LogP contribution in [0.2, 0.25) is 0 Å². The zero-order valence-corrected chi connectivity index (χ0v) is 20.0. The van der Waals surface area contributed by atoms with Gasteiger partial charge < -0.3 is 4.90 Å². The normalized spacial score (nSPS) is 15.4. The monoisotopic (exact) mass is 466 g/mol. The highest BCUT2D eigenvalue weighted by Gasteiger charge is 2.40. The van der Waals surface area contributed by atoms with E-state index in [1.807, 2.05) is 122 Å². The number of fused-ring (bicyclic) bond motifs is 1. The molecule has 0 radical (unpaired) electrons. The maximum Gasteiger partial charge on any atom is 0.266 e. The molecule has 4 aromatic rings. The van der Waals surface area contributed by atoms with E-state index in [1.165, 1.54) is 0 Å². The van der Waals surface area contributed by atoms with Gasteiger partial charge in [-0.1, -0.05) is 90.5 Å². The summed E-state index contributed by atoms with van der Waals surface area (Å²) in [7, 11) is -1.99. The Labute approximate surface area is 201 Å². The first-order valence-electron chi connectivity index (χ1n) is 11.2. The molecule has 34 heavy (non-hydrogen) atoms. The van der Waals surface area contributed by atoms with Crippen LogP contribution in [-0.2, 0) is 10.0 Å². The summed E-state index contributed by atoms with van der Waals surface area (Å²) in [5.41, 5.74) is 4.79. The molecule has 0 spiro atoms. The predicted octanol–water partition coefficient (Wildman–Crippen LogP) is 6.22. The second kappa shape index (κ2) is 8.84. The van der Waals surface area contributed by atoms with Crippen molar-refractivity contribution in [3.8, 4) is 0 Å². The minimum atomic E-state index is -3.90. The second-order valence-electron chi connectivity index (χ2n) is 8.45. The van der Waals surface area contributed by atoms with Crippen molar-refractivity contribution in [2.75, 3.05) is 11.9 Å². The van der Waals surface area contributed by atoms with Crippen LogP contribution in [0, 0.1) is 6.92 Å². The summed E-state index contributed by atoms with van der Waals surface area (Å²) in [6.45, 7) is 1.95. The molecular weight excluding hydrogens is 440 g/mol. The predicted molar refractivity (Wildman–Crippen MR) is 138 cm³/mol. The Hall–Kier alpha value is -3.83. The number of benzene rings is 4. The average molecular weight is 467 g/mol. The van der Waals surface area contributed by atoms with Crippen molar-refractivity contribution in [2.24, 2.45) is 0 Å². The Morgan fingerprint density at radius 2 is 1.32 bits per heavy atom. The van der Waals surface area contributed by atoms with Crippen LogP contribution in [-0.4, -0.2) is 19.8 Å². The van der Waals surface area contributed by atoms with Crippen molar-refractivity contribution in [1.82, 2.24) is 4.31 Å². The summed E-state index contributed by atoms with van der Waals surface area (Å²) in [5.74, 6) is 0.597. The number of aryl methyl sites for hydroxylation is 1. The van der Waals surface area contributed by atoms with Crippen molar-refractivity contribution in [3.05, 3.63) is 137 Å². The number of rotatable bonds is 5. The van der Waals surface area contributed by atoms with Gasteiger partial charge in [-0.25, -0.2) is 12.7 Å². The lowest BCUT2D eigenvalue weighted by molar-refractivity contribution is 0.413. The molecule has 0 fully saturated rings.